The lowest BCUT2D eigenvalue weighted by molar-refractivity contribution is 0.474. The van der Waals surface area contributed by atoms with E-state index >= 15 is 0 Å². The van der Waals surface area contributed by atoms with Gasteiger partial charge >= 0.3 is 0 Å². The third-order valence-electron chi connectivity index (χ3n) is 3.63. The number of hydrogen-bond donors (Lipinski definition) is 3. The maximum absolute atomic E-state index is 9.49. The van der Waals surface area contributed by atoms with Gasteiger partial charge in [0.05, 0.1) is 6.54 Å². The Kier molecular flexibility index (Phi) is 9.22. The fourth-order valence-corrected chi connectivity index (χ4v) is 2.33. The molecule has 0 heterocycles. The SMILES string of the molecule is CCNC(=NCc1ccccc1C)NCCc1cccc(O)c1.I. The largest absolute Gasteiger partial charge is 0.508 e. The molecule has 0 atom stereocenters. The number of nitrogens with zero attached hydrogens (tertiary/aromatic N) is 1. The molecule has 5 heteroatoms. The van der Waals surface area contributed by atoms with Crippen molar-refractivity contribution in [2.75, 3.05) is 13.1 Å². The highest BCUT2D eigenvalue weighted by Crippen LogP contribution is 2.11. The standard InChI is InChI=1S/C19H25N3O.HI/c1-3-20-19(22-14-17-9-5-4-7-15(17)2)21-12-11-16-8-6-10-18(23)13-16;/h4-10,13,23H,3,11-12,14H2,1-2H3,(H2,20,21,22);1H. The van der Waals surface area contributed by atoms with E-state index in [9.17, 15) is 5.11 Å². The van der Waals surface area contributed by atoms with Gasteiger partial charge in [-0.3, -0.25) is 0 Å². The second-order valence-corrected chi connectivity index (χ2v) is 5.47. The van der Waals surface area contributed by atoms with Crippen molar-refractivity contribution in [3.63, 3.8) is 0 Å². The van der Waals surface area contributed by atoms with Gasteiger partial charge in [0.2, 0.25) is 0 Å². The van der Waals surface area contributed by atoms with Gasteiger partial charge in [-0.15, -0.1) is 24.0 Å². The fourth-order valence-electron chi connectivity index (χ4n) is 2.33. The Morgan fingerprint density at radius 1 is 1.08 bits per heavy atom. The van der Waals surface area contributed by atoms with Crippen molar-refractivity contribution in [2.45, 2.75) is 26.8 Å². The van der Waals surface area contributed by atoms with Crippen molar-refractivity contribution < 1.29 is 5.11 Å². The van der Waals surface area contributed by atoms with E-state index < -0.39 is 0 Å². The van der Waals surface area contributed by atoms with E-state index in [2.05, 4.69) is 41.6 Å². The monoisotopic (exact) mass is 439 g/mol. The number of rotatable bonds is 6. The number of phenolic OH excluding ortho intramolecular Hbond substituents is 1. The smallest absolute Gasteiger partial charge is 0.191 e. The van der Waals surface area contributed by atoms with Gasteiger partial charge < -0.3 is 15.7 Å². The normalized spacial score (nSPS) is 10.8. The molecule has 2 rings (SSSR count). The van der Waals surface area contributed by atoms with Gasteiger partial charge in [-0.25, -0.2) is 4.99 Å². The number of halogens is 1. The highest BCUT2D eigenvalue weighted by molar-refractivity contribution is 14.0. The first kappa shape index (κ1) is 20.3. The highest BCUT2D eigenvalue weighted by Gasteiger charge is 2.00. The van der Waals surface area contributed by atoms with Gasteiger partial charge in [0.15, 0.2) is 5.96 Å². The van der Waals surface area contributed by atoms with Crippen LogP contribution in [0, 0.1) is 6.92 Å². The average Bonchev–Trinajstić information content (AvgIpc) is 2.54. The van der Waals surface area contributed by atoms with E-state index in [1.54, 1.807) is 12.1 Å². The van der Waals surface area contributed by atoms with Crippen LogP contribution in [0.1, 0.15) is 23.6 Å². The lowest BCUT2D eigenvalue weighted by atomic mass is 10.1. The number of benzene rings is 2. The van der Waals surface area contributed by atoms with Crippen LogP contribution in [-0.2, 0) is 13.0 Å². The summed E-state index contributed by atoms with van der Waals surface area (Å²) in [5.74, 6) is 1.12. The molecule has 130 valence electrons. The minimum atomic E-state index is 0. The highest BCUT2D eigenvalue weighted by atomic mass is 127. The van der Waals surface area contributed by atoms with Crippen molar-refractivity contribution in [1.82, 2.24) is 10.6 Å². The minimum absolute atomic E-state index is 0. The van der Waals surface area contributed by atoms with Gasteiger partial charge in [0.1, 0.15) is 5.75 Å². The van der Waals surface area contributed by atoms with E-state index in [-0.39, 0.29) is 24.0 Å². The fraction of sp³-hybridized carbons (Fsp3) is 0.316. The van der Waals surface area contributed by atoms with Crippen LogP contribution >= 0.6 is 24.0 Å². The van der Waals surface area contributed by atoms with Gasteiger partial charge in [0, 0.05) is 13.1 Å². The molecule has 0 radical (unpaired) electrons. The van der Waals surface area contributed by atoms with Gasteiger partial charge in [-0.1, -0.05) is 36.4 Å². The van der Waals surface area contributed by atoms with Crippen molar-refractivity contribution in [1.29, 1.82) is 0 Å². The van der Waals surface area contributed by atoms with Crippen LogP contribution in [-0.4, -0.2) is 24.2 Å². The first-order chi connectivity index (χ1) is 11.2. The lowest BCUT2D eigenvalue weighted by Crippen LogP contribution is -2.38. The molecule has 0 aliphatic heterocycles. The van der Waals surface area contributed by atoms with Crippen molar-refractivity contribution >= 4 is 29.9 Å². The van der Waals surface area contributed by atoms with Crippen molar-refractivity contribution in [2.24, 2.45) is 4.99 Å². The molecule has 0 bridgehead atoms. The molecule has 0 aromatic heterocycles. The molecule has 0 saturated heterocycles. The van der Waals surface area contributed by atoms with E-state index in [0.717, 1.165) is 31.0 Å². The molecule has 2 aromatic carbocycles. The molecule has 0 spiro atoms. The summed E-state index contributed by atoms with van der Waals surface area (Å²) in [5, 5.41) is 16.1. The molecule has 2 aromatic rings. The summed E-state index contributed by atoms with van der Waals surface area (Å²) in [6.45, 7) is 6.41. The van der Waals surface area contributed by atoms with E-state index in [0.29, 0.717) is 12.3 Å². The molecule has 0 amide bonds. The van der Waals surface area contributed by atoms with Crippen LogP contribution in [0.2, 0.25) is 0 Å². The van der Waals surface area contributed by atoms with Crippen LogP contribution < -0.4 is 10.6 Å². The zero-order chi connectivity index (χ0) is 16.5. The van der Waals surface area contributed by atoms with Crippen molar-refractivity contribution in [3.05, 3.63) is 65.2 Å². The third kappa shape index (κ3) is 6.78. The zero-order valence-electron chi connectivity index (χ0n) is 14.2. The van der Waals surface area contributed by atoms with Crippen LogP contribution in [0.3, 0.4) is 0 Å². The Labute approximate surface area is 161 Å². The molecule has 24 heavy (non-hydrogen) atoms. The Hall–Kier alpha value is -1.76. The Morgan fingerprint density at radius 3 is 2.58 bits per heavy atom. The predicted molar refractivity (Wildman–Crippen MR) is 111 cm³/mol. The molecular formula is C19H26IN3O. The maximum Gasteiger partial charge on any atom is 0.191 e. The molecule has 4 nitrogen and oxygen atoms in total. The van der Waals surface area contributed by atoms with Crippen LogP contribution in [0.25, 0.3) is 0 Å². The number of nitrogens with one attached hydrogen (secondary N) is 2. The number of phenols is 1. The number of hydrogen-bond acceptors (Lipinski definition) is 2. The summed E-state index contributed by atoms with van der Waals surface area (Å²) in [4.78, 5) is 4.64. The summed E-state index contributed by atoms with van der Waals surface area (Å²) in [7, 11) is 0. The lowest BCUT2D eigenvalue weighted by Gasteiger charge is -2.12. The van der Waals surface area contributed by atoms with Gasteiger partial charge in [-0.2, -0.15) is 0 Å². The zero-order valence-corrected chi connectivity index (χ0v) is 16.6. The maximum atomic E-state index is 9.49. The second-order valence-electron chi connectivity index (χ2n) is 5.47. The minimum Gasteiger partial charge on any atom is -0.508 e. The molecule has 0 unspecified atom stereocenters. The summed E-state index contributed by atoms with van der Waals surface area (Å²) < 4.78 is 0. The Bertz CT molecular complexity index is 659. The van der Waals surface area contributed by atoms with Crippen LogP contribution in [0.15, 0.2) is 53.5 Å². The number of guanidine groups is 1. The first-order valence-corrected chi connectivity index (χ1v) is 8.03. The summed E-state index contributed by atoms with van der Waals surface area (Å²) in [5.41, 5.74) is 3.59. The molecule has 3 N–H and O–H groups in total. The number of aromatic hydroxyl groups is 1. The van der Waals surface area contributed by atoms with Crippen LogP contribution in [0.4, 0.5) is 0 Å². The molecular weight excluding hydrogens is 413 g/mol. The quantitative estimate of drug-likeness (QED) is 0.366. The van der Waals surface area contributed by atoms with Crippen LogP contribution in [0.5, 0.6) is 5.75 Å². The molecule has 0 fully saturated rings. The average molecular weight is 439 g/mol. The predicted octanol–water partition coefficient (Wildman–Crippen LogP) is 3.62. The topological polar surface area (TPSA) is 56.7 Å². The Balaban J connectivity index is 0.00000288. The second kappa shape index (κ2) is 10.9. The van der Waals surface area contributed by atoms with Crippen molar-refractivity contribution in [3.8, 4) is 5.75 Å². The number of aryl methyl sites for hydroxylation is 1. The van der Waals surface area contributed by atoms with E-state index in [1.807, 2.05) is 24.3 Å². The summed E-state index contributed by atoms with van der Waals surface area (Å²) >= 11 is 0. The summed E-state index contributed by atoms with van der Waals surface area (Å²) in [6, 6.07) is 15.6. The van der Waals surface area contributed by atoms with E-state index in [4.69, 9.17) is 0 Å². The summed E-state index contributed by atoms with van der Waals surface area (Å²) in [6.07, 6.45) is 0.836. The molecule has 0 saturated carbocycles. The molecule has 0 aliphatic rings. The van der Waals surface area contributed by atoms with E-state index in [1.165, 1.54) is 11.1 Å². The first-order valence-electron chi connectivity index (χ1n) is 8.03. The Morgan fingerprint density at radius 2 is 1.88 bits per heavy atom. The van der Waals surface area contributed by atoms with Gasteiger partial charge in [-0.05, 0) is 49.1 Å². The third-order valence-corrected chi connectivity index (χ3v) is 3.63. The van der Waals surface area contributed by atoms with Gasteiger partial charge in [0.25, 0.3) is 0 Å². The number of aliphatic imine (C=N–C) groups is 1. The molecule has 0 aliphatic carbocycles.